The summed E-state index contributed by atoms with van der Waals surface area (Å²) in [5.41, 5.74) is 2.50. The molecule has 2 rings (SSSR count). The highest BCUT2D eigenvalue weighted by Crippen LogP contribution is 2.23. The molecule has 0 aliphatic heterocycles. The minimum atomic E-state index is 0.363. The molecule has 0 saturated heterocycles. The monoisotopic (exact) mass is 246 g/mol. The summed E-state index contributed by atoms with van der Waals surface area (Å²) in [6, 6.07) is 6.24. The van der Waals surface area contributed by atoms with Gasteiger partial charge in [-0.1, -0.05) is 19.4 Å². The lowest BCUT2D eigenvalue weighted by Gasteiger charge is -2.15. The minimum Gasteiger partial charge on any atom is -0.494 e. The van der Waals surface area contributed by atoms with Gasteiger partial charge in [-0.15, -0.1) is 0 Å². The molecule has 1 aromatic rings. The Balaban J connectivity index is 2.10. The van der Waals surface area contributed by atoms with E-state index in [0.717, 1.165) is 50.9 Å². The minimum absolute atomic E-state index is 0.363. The topological polar surface area (TPSA) is 26.3 Å². The van der Waals surface area contributed by atoms with Gasteiger partial charge in [0, 0.05) is 12.8 Å². The quantitative estimate of drug-likeness (QED) is 0.757. The van der Waals surface area contributed by atoms with Crippen LogP contribution in [0.2, 0.25) is 0 Å². The molecule has 0 amide bonds. The van der Waals surface area contributed by atoms with Crippen LogP contribution < -0.4 is 4.74 Å². The van der Waals surface area contributed by atoms with Crippen molar-refractivity contribution in [3.8, 4) is 5.75 Å². The van der Waals surface area contributed by atoms with Crippen molar-refractivity contribution in [2.45, 2.75) is 51.9 Å². The second-order valence-electron chi connectivity index (χ2n) is 5.06. The number of carbonyl (C=O) groups excluding carboxylic acids is 1. The van der Waals surface area contributed by atoms with E-state index >= 15 is 0 Å². The number of benzene rings is 1. The molecule has 0 radical (unpaired) electrons. The lowest BCUT2D eigenvalue weighted by Crippen LogP contribution is -2.09. The third-order valence-electron chi connectivity index (χ3n) is 3.48. The SMILES string of the molecule is CCCCOc1ccc2c(c1)CC(=O)CCCC2. The fraction of sp³-hybridized carbons (Fsp3) is 0.562. The highest BCUT2D eigenvalue weighted by Gasteiger charge is 2.13. The molecule has 0 atom stereocenters. The first kappa shape index (κ1) is 13.1. The highest BCUT2D eigenvalue weighted by atomic mass is 16.5. The first-order valence-electron chi connectivity index (χ1n) is 7.06. The lowest BCUT2D eigenvalue weighted by atomic mass is 9.92. The molecule has 2 heteroatoms. The van der Waals surface area contributed by atoms with Gasteiger partial charge in [-0.25, -0.2) is 0 Å². The van der Waals surface area contributed by atoms with Crippen LogP contribution in [0.25, 0.3) is 0 Å². The van der Waals surface area contributed by atoms with E-state index in [1.807, 2.05) is 6.07 Å². The van der Waals surface area contributed by atoms with Crippen molar-refractivity contribution in [1.29, 1.82) is 0 Å². The lowest BCUT2D eigenvalue weighted by molar-refractivity contribution is -0.118. The summed E-state index contributed by atoms with van der Waals surface area (Å²) in [5, 5.41) is 0. The maximum atomic E-state index is 11.7. The highest BCUT2D eigenvalue weighted by molar-refractivity contribution is 5.81. The second-order valence-corrected chi connectivity index (χ2v) is 5.06. The van der Waals surface area contributed by atoms with E-state index in [0.29, 0.717) is 12.2 Å². The third-order valence-corrected chi connectivity index (χ3v) is 3.48. The Kier molecular flexibility index (Phi) is 4.80. The number of rotatable bonds is 4. The summed E-state index contributed by atoms with van der Waals surface area (Å²) in [4.78, 5) is 11.7. The van der Waals surface area contributed by atoms with Gasteiger partial charge < -0.3 is 4.74 Å². The average molecular weight is 246 g/mol. The maximum Gasteiger partial charge on any atom is 0.137 e. The van der Waals surface area contributed by atoms with Gasteiger partial charge in [0.2, 0.25) is 0 Å². The van der Waals surface area contributed by atoms with E-state index in [4.69, 9.17) is 4.74 Å². The van der Waals surface area contributed by atoms with E-state index in [2.05, 4.69) is 19.1 Å². The first-order valence-corrected chi connectivity index (χ1v) is 7.06. The van der Waals surface area contributed by atoms with Crippen molar-refractivity contribution in [3.63, 3.8) is 0 Å². The van der Waals surface area contributed by atoms with E-state index < -0.39 is 0 Å². The third kappa shape index (κ3) is 3.59. The van der Waals surface area contributed by atoms with Gasteiger partial charge in [-0.3, -0.25) is 4.79 Å². The van der Waals surface area contributed by atoms with Crippen LogP contribution >= 0.6 is 0 Å². The van der Waals surface area contributed by atoms with Gasteiger partial charge in [0.25, 0.3) is 0 Å². The van der Waals surface area contributed by atoms with Crippen molar-refractivity contribution in [2.75, 3.05) is 6.61 Å². The molecule has 0 spiro atoms. The van der Waals surface area contributed by atoms with Crippen molar-refractivity contribution in [3.05, 3.63) is 29.3 Å². The van der Waals surface area contributed by atoms with Gasteiger partial charge in [-0.05, 0) is 48.9 Å². The summed E-state index contributed by atoms with van der Waals surface area (Å²) in [6.07, 6.45) is 6.79. The molecule has 18 heavy (non-hydrogen) atoms. The molecule has 0 unspecified atom stereocenters. The van der Waals surface area contributed by atoms with Crippen LogP contribution in [0.5, 0.6) is 5.75 Å². The molecule has 1 aliphatic rings. The Labute approximate surface area is 109 Å². The predicted molar refractivity (Wildman–Crippen MR) is 73.1 cm³/mol. The molecule has 0 heterocycles. The number of Topliss-reactive ketones (excluding diaryl/α,β-unsaturated/α-hetero) is 1. The zero-order valence-electron chi connectivity index (χ0n) is 11.2. The van der Waals surface area contributed by atoms with Gasteiger partial charge in [-0.2, -0.15) is 0 Å². The standard InChI is InChI=1S/C16H22O2/c1-2-3-10-18-16-9-8-13-6-4-5-7-15(17)11-14(13)12-16/h8-9,12H,2-7,10-11H2,1H3. The Morgan fingerprint density at radius 2 is 2.00 bits per heavy atom. The zero-order chi connectivity index (χ0) is 12.8. The van der Waals surface area contributed by atoms with Gasteiger partial charge in [0.05, 0.1) is 6.61 Å². The van der Waals surface area contributed by atoms with E-state index in [-0.39, 0.29) is 0 Å². The average Bonchev–Trinajstić information content (AvgIpc) is 2.34. The van der Waals surface area contributed by atoms with Crippen LogP contribution in [0.15, 0.2) is 18.2 Å². The fourth-order valence-corrected chi connectivity index (χ4v) is 2.37. The van der Waals surface area contributed by atoms with Crippen molar-refractivity contribution in [2.24, 2.45) is 0 Å². The number of hydrogen-bond acceptors (Lipinski definition) is 2. The molecular weight excluding hydrogens is 224 g/mol. The van der Waals surface area contributed by atoms with E-state index in [1.165, 1.54) is 11.1 Å². The predicted octanol–water partition coefficient (Wildman–Crippen LogP) is 3.70. The summed E-state index contributed by atoms with van der Waals surface area (Å²) < 4.78 is 5.71. The number of fused-ring (bicyclic) bond motifs is 1. The number of aryl methyl sites for hydroxylation is 1. The van der Waals surface area contributed by atoms with Crippen LogP contribution in [0.1, 0.15) is 50.2 Å². The van der Waals surface area contributed by atoms with Crippen molar-refractivity contribution in [1.82, 2.24) is 0 Å². The van der Waals surface area contributed by atoms with Crippen LogP contribution in [-0.2, 0) is 17.6 Å². The molecule has 0 saturated carbocycles. The summed E-state index contributed by atoms with van der Waals surface area (Å²) >= 11 is 0. The van der Waals surface area contributed by atoms with Crippen LogP contribution in [-0.4, -0.2) is 12.4 Å². The molecule has 0 N–H and O–H groups in total. The molecular formula is C16H22O2. The Morgan fingerprint density at radius 3 is 2.83 bits per heavy atom. The van der Waals surface area contributed by atoms with Crippen LogP contribution in [0.3, 0.4) is 0 Å². The number of ketones is 1. The molecule has 0 fully saturated rings. The van der Waals surface area contributed by atoms with Crippen LogP contribution in [0.4, 0.5) is 0 Å². The van der Waals surface area contributed by atoms with Gasteiger partial charge in [0.1, 0.15) is 11.5 Å². The van der Waals surface area contributed by atoms with Crippen molar-refractivity contribution < 1.29 is 9.53 Å². The van der Waals surface area contributed by atoms with E-state index in [9.17, 15) is 4.79 Å². The fourth-order valence-electron chi connectivity index (χ4n) is 2.37. The molecule has 2 nitrogen and oxygen atoms in total. The molecule has 0 bridgehead atoms. The van der Waals surface area contributed by atoms with Gasteiger partial charge in [0.15, 0.2) is 0 Å². The number of ether oxygens (including phenoxy) is 1. The Bertz CT molecular complexity index is 410. The van der Waals surface area contributed by atoms with Crippen LogP contribution in [0, 0.1) is 0 Å². The van der Waals surface area contributed by atoms with Crippen molar-refractivity contribution >= 4 is 5.78 Å². The molecule has 0 aromatic heterocycles. The van der Waals surface area contributed by atoms with E-state index in [1.54, 1.807) is 0 Å². The number of hydrogen-bond donors (Lipinski definition) is 0. The largest absolute Gasteiger partial charge is 0.494 e. The smallest absolute Gasteiger partial charge is 0.137 e. The van der Waals surface area contributed by atoms with Gasteiger partial charge >= 0.3 is 0 Å². The summed E-state index contributed by atoms with van der Waals surface area (Å²) in [5.74, 6) is 1.28. The second kappa shape index (κ2) is 6.58. The Morgan fingerprint density at radius 1 is 1.17 bits per heavy atom. The first-order chi connectivity index (χ1) is 8.79. The Hall–Kier alpha value is -1.31. The number of carbonyl (C=O) groups is 1. The molecule has 1 aromatic carbocycles. The normalized spacial score (nSPS) is 15.7. The molecule has 1 aliphatic carbocycles. The maximum absolute atomic E-state index is 11.7. The molecule has 98 valence electrons. The number of unbranched alkanes of at least 4 members (excludes halogenated alkanes) is 1. The summed E-state index contributed by atoms with van der Waals surface area (Å²) in [6.45, 7) is 2.92. The zero-order valence-corrected chi connectivity index (χ0v) is 11.2. The summed E-state index contributed by atoms with van der Waals surface area (Å²) in [7, 11) is 0.